The Hall–Kier alpha value is -4.31. The van der Waals surface area contributed by atoms with Gasteiger partial charge in [0.05, 0.1) is 28.8 Å². The van der Waals surface area contributed by atoms with Crippen LogP contribution in [0.15, 0.2) is 48.8 Å². The van der Waals surface area contributed by atoms with Gasteiger partial charge in [0.15, 0.2) is 0 Å². The molecule has 2 heterocycles. The number of sulfonamides is 1. The highest BCUT2D eigenvalue weighted by Gasteiger charge is 2.33. The molecule has 0 aliphatic carbocycles. The number of benzene rings is 1. The van der Waals surface area contributed by atoms with Gasteiger partial charge in [-0.3, -0.25) is 14.5 Å². The zero-order chi connectivity index (χ0) is 27.4. The van der Waals surface area contributed by atoms with E-state index in [0.29, 0.717) is 6.07 Å². The molecule has 3 aromatic rings. The zero-order valence-corrected chi connectivity index (χ0v) is 19.7. The third-order valence-corrected chi connectivity index (χ3v) is 5.29. The topological polar surface area (TPSA) is 101 Å². The van der Waals surface area contributed by atoms with E-state index in [1.165, 1.54) is 6.07 Å². The molecule has 192 valence electrons. The van der Waals surface area contributed by atoms with Crippen molar-refractivity contribution in [1.29, 1.82) is 0 Å². The van der Waals surface area contributed by atoms with E-state index in [1.807, 2.05) is 4.72 Å². The largest absolute Gasteiger partial charge is 0.433 e. The van der Waals surface area contributed by atoms with E-state index in [0.717, 1.165) is 49.0 Å². The lowest BCUT2D eigenvalue weighted by Gasteiger charge is -2.12. The summed E-state index contributed by atoms with van der Waals surface area (Å²) in [5.74, 6) is -0.384. The predicted octanol–water partition coefficient (Wildman–Crippen LogP) is 4.12. The number of carbonyl (C=O) groups excluding carboxylic acids is 1. The van der Waals surface area contributed by atoms with Crippen molar-refractivity contribution in [2.45, 2.75) is 12.7 Å². The van der Waals surface area contributed by atoms with Gasteiger partial charge in [0, 0.05) is 30.6 Å². The van der Waals surface area contributed by atoms with Crippen LogP contribution in [0, 0.1) is 24.0 Å². The molecule has 0 fully saturated rings. The van der Waals surface area contributed by atoms with E-state index >= 15 is 0 Å². The van der Waals surface area contributed by atoms with Crippen LogP contribution in [-0.2, 0) is 27.5 Å². The molecule has 0 aliphatic heterocycles. The number of hydrogen-bond acceptors (Lipinski definition) is 5. The van der Waals surface area contributed by atoms with Crippen molar-refractivity contribution in [2.75, 3.05) is 11.0 Å². The molecule has 37 heavy (non-hydrogen) atoms. The molecule has 0 unspecified atom stereocenters. The number of carbonyl (C=O) groups is 1. The van der Waals surface area contributed by atoms with E-state index in [2.05, 4.69) is 21.2 Å². The highest BCUT2D eigenvalue weighted by molar-refractivity contribution is 7.92. The van der Waals surface area contributed by atoms with Crippen molar-refractivity contribution in [3.05, 3.63) is 82.8 Å². The number of pyridine rings is 2. The van der Waals surface area contributed by atoms with Crippen LogP contribution in [0.5, 0.6) is 0 Å². The molecule has 0 radical (unpaired) electrons. The highest BCUT2D eigenvalue weighted by atomic mass is 32.2. The zero-order valence-electron chi connectivity index (χ0n) is 18.9. The molecule has 1 aromatic carbocycles. The summed E-state index contributed by atoms with van der Waals surface area (Å²) >= 11 is 0. The van der Waals surface area contributed by atoms with Gasteiger partial charge in [-0.25, -0.2) is 22.2 Å². The Balaban J connectivity index is 1.83. The third-order valence-electron chi connectivity index (χ3n) is 4.71. The highest BCUT2D eigenvalue weighted by Crippen LogP contribution is 2.32. The van der Waals surface area contributed by atoms with Gasteiger partial charge in [0.25, 0.3) is 0 Å². The van der Waals surface area contributed by atoms with Gasteiger partial charge in [-0.2, -0.15) is 13.2 Å². The molecule has 2 N–H and O–H groups in total. The molecule has 2 aromatic heterocycles. The summed E-state index contributed by atoms with van der Waals surface area (Å²) in [5, 5.41) is 2.44. The summed E-state index contributed by atoms with van der Waals surface area (Å²) in [6.07, 6.45) is 5.60. The van der Waals surface area contributed by atoms with Crippen LogP contribution in [-0.4, -0.2) is 30.5 Å². The van der Waals surface area contributed by atoms with E-state index in [4.69, 9.17) is 6.42 Å². The number of anilines is 1. The Morgan fingerprint density at radius 2 is 1.89 bits per heavy atom. The Bertz CT molecular complexity index is 1530. The minimum absolute atomic E-state index is 0.00640. The Kier molecular flexibility index (Phi) is 7.93. The molecule has 0 saturated carbocycles. The minimum atomic E-state index is -4.79. The molecule has 0 spiro atoms. The first-order chi connectivity index (χ1) is 17.3. The SMILES string of the molecule is C#Cc1cc(CNC(=O)/C=C/c2ccc(C(F)(F)F)nc2-c2cnccc2F)cc(F)c1NS(C)(=O)=O. The van der Waals surface area contributed by atoms with Crippen molar-refractivity contribution in [2.24, 2.45) is 0 Å². The molecular weight excluding hydrogens is 519 g/mol. The minimum Gasteiger partial charge on any atom is -0.348 e. The first-order valence-electron chi connectivity index (χ1n) is 10.2. The van der Waals surface area contributed by atoms with E-state index in [1.54, 1.807) is 0 Å². The molecular formula is C24H17F5N4O3S. The summed E-state index contributed by atoms with van der Waals surface area (Å²) in [7, 11) is -3.80. The number of hydrogen-bond donors (Lipinski definition) is 2. The van der Waals surface area contributed by atoms with Crippen LogP contribution >= 0.6 is 0 Å². The maximum atomic E-state index is 14.4. The molecule has 1 amide bonds. The standard InChI is InChI=1S/C24H17F5N4O3S/c1-3-15-10-14(11-19(26)23(15)33-37(2,35)36)12-31-21(34)7-5-16-4-6-20(24(27,28)29)32-22(16)17-13-30-9-8-18(17)25/h1,4-11,13,33H,12H2,2H3,(H,31,34)/b7-5+. The Morgan fingerprint density at radius 1 is 1.16 bits per heavy atom. The van der Waals surface area contributed by atoms with Gasteiger partial charge in [0.1, 0.15) is 17.3 Å². The molecule has 0 bridgehead atoms. The van der Waals surface area contributed by atoms with Crippen LogP contribution in [0.1, 0.15) is 22.4 Å². The molecule has 7 nitrogen and oxygen atoms in total. The summed E-state index contributed by atoms with van der Waals surface area (Å²) in [4.78, 5) is 19.5. The lowest BCUT2D eigenvalue weighted by atomic mass is 10.1. The van der Waals surface area contributed by atoms with Crippen LogP contribution < -0.4 is 10.0 Å². The number of aromatic nitrogens is 2. The van der Waals surface area contributed by atoms with Crippen molar-refractivity contribution in [3.8, 4) is 23.6 Å². The lowest BCUT2D eigenvalue weighted by Crippen LogP contribution is -2.21. The second kappa shape index (κ2) is 10.8. The van der Waals surface area contributed by atoms with Gasteiger partial charge in [-0.15, -0.1) is 6.42 Å². The molecule has 0 atom stereocenters. The molecule has 0 saturated heterocycles. The van der Waals surface area contributed by atoms with E-state index in [-0.39, 0.29) is 34.5 Å². The summed E-state index contributed by atoms with van der Waals surface area (Å²) in [6.45, 7) is -0.219. The number of nitrogens with one attached hydrogen (secondary N) is 2. The normalized spacial score (nSPS) is 11.8. The maximum Gasteiger partial charge on any atom is 0.433 e. The lowest BCUT2D eigenvalue weighted by molar-refractivity contribution is -0.141. The Morgan fingerprint density at radius 3 is 2.51 bits per heavy atom. The van der Waals surface area contributed by atoms with Gasteiger partial charge in [-0.05, 0) is 35.9 Å². The van der Waals surface area contributed by atoms with Gasteiger partial charge in [-0.1, -0.05) is 12.0 Å². The van der Waals surface area contributed by atoms with Crippen LogP contribution in [0.25, 0.3) is 17.3 Å². The quantitative estimate of drug-likeness (QED) is 0.269. The second-order valence-electron chi connectivity index (χ2n) is 7.56. The average Bonchev–Trinajstić information content (AvgIpc) is 2.81. The van der Waals surface area contributed by atoms with Crippen molar-refractivity contribution < 1.29 is 35.2 Å². The monoisotopic (exact) mass is 536 g/mol. The van der Waals surface area contributed by atoms with Crippen LogP contribution in [0.3, 0.4) is 0 Å². The number of terminal acetylenes is 1. The van der Waals surface area contributed by atoms with E-state index in [9.17, 15) is 35.2 Å². The average molecular weight is 536 g/mol. The van der Waals surface area contributed by atoms with Gasteiger partial charge in [0.2, 0.25) is 15.9 Å². The number of rotatable bonds is 7. The summed E-state index contributed by atoms with van der Waals surface area (Å²) in [6, 6.07) is 4.94. The number of amides is 1. The Labute approximate surface area is 208 Å². The fourth-order valence-corrected chi connectivity index (χ4v) is 3.69. The van der Waals surface area contributed by atoms with Crippen molar-refractivity contribution in [1.82, 2.24) is 15.3 Å². The fraction of sp³-hybridized carbons (Fsp3) is 0.125. The molecule has 13 heteroatoms. The van der Waals surface area contributed by atoms with Crippen molar-refractivity contribution in [3.63, 3.8) is 0 Å². The first-order valence-corrected chi connectivity index (χ1v) is 12.1. The fourth-order valence-electron chi connectivity index (χ4n) is 3.11. The van der Waals surface area contributed by atoms with E-state index < -0.39 is 45.1 Å². The smallest absolute Gasteiger partial charge is 0.348 e. The molecule has 0 aliphatic rings. The number of halogens is 5. The maximum absolute atomic E-state index is 14.4. The third kappa shape index (κ3) is 7.11. The molecule has 3 rings (SSSR count). The van der Waals surface area contributed by atoms with Crippen molar-refractivity contribution >= 4 is 27.7 Å². The number of nitrogens with zero attached hydrogens (tertiary/aromatic N) is 2. The summed E-state index contributed by atoms with van der Waals surface area (Å²) in [5.41, 5.74) is -2.22. The summed E-state index contributed by atoms with van der Waals surface area (Å²) < 4.78 is 92.9. The second-order valence-corrected chi connectivity index (χ2v) is 9.31. The predicted molar refractivity (Wildman–Crippen MR) is 126 cm³/mol. The van der Waals surface area contributed by atoms with Gasteiger partial charge >= 0.3 is 6.18 Å². The van der Waals surface area contributed by atoms with Crippen LogP contribution in [0.2, 0.25) is 0 Å². The first kappa shape index (κ1) is 27.3. The van der Waals surface area contributed by atoms with Crippen LogP contribution in [0.4, 0.5) is 27.6 Å². The number of alkyl halides is 3. The van der Waals surface area contributed by atoms with Gasteiger partial charge < -0.3 is 5.32 Å².